The average molecular weight is 216 g/mol. The molecule has 2 N–H and O–H groups in total. The van der Waals surface area contributed by atoms with Gasteiger partial charge in [0.1, 0.15) is 0 Å². The fraction of sp³-hybridized carbons (Fsp3) is 1.00. The number of nitrogens with one attached hydrogen (secondary N) is 2. The van der Waals surface area contributed by atoms with Crippen molar-refractivity contribution in [3.63, 3.8) is 0 Å². The molecule has 90 valence electrons. The molecule has 0 aromatic heterocycles. The molecule has 1 rings (SSSR count). The Labute approximate surface area is 92.7 Å². The predicted molar refractivity (Wildman–Crippen MR) is 61.2 cm³/mol. The van der Waals surface area contributed by atoms with Crippen LogP contribution in [-0.2, 0) is 9.47 Å². The lowest BCUT2D eigenvalue weighted by Crippen LogP contribution is -2.42. The summed E-state index contributed by atoms with van der Waals surface area (Å²) in [6.45, 7) is 3.76. The summed E-state index contributed by atoms with van der Waals surface area (Å²) in [7, 11) is 3.44. The van der Waals surface area contributed by atoms with Crippen molar-refractivity contribution in [2.75, 3.05) is 40.5 Å². The summed E-state index contributed by atoms with van der Waals surface area (Å²) in [5.74, 6) is 0. The van der Waals surface area contributed by atoms with Gasteiger partial charge < -0.3 is 20.1 Å². The largest absolute Gasteiger partial charge is 0.382 e. The standard InChI is InChI=1S/C11H24N2O2/c1-14-9-11(15-2)8-13-10-5-3-4-6-12-7-10/h10-13H,3-9H2,1-2H3. The van der Waals surface area contributed by atoms with Crippen LogP contribution in [-0.4, -0.2) is 52.6 Å². The van der Waals surface area contributed by atoms with E-state index >= 15 is 0 Å². The molecule has 0 bridgehead atoms. The molecule has 4 heteroatoms. The molecule has 1 aliphatic rings. The molecule has 1 saturated heterocycles. The van der Waals surface area contributed by atoms with Gasteiger partial charge in [0.2, 0.25) is 0 Å². The quantitative estimate of drug-likeness (QED) is 0.673. The summed E-state index contributed by atoms with van der Waals surface area (Å²) in [5.41, 5.74) is 0. The molecule has 0 aromatic rings. The van der Waals surface area contributed by atoms with Gasteiger partial charge in [0.25, 0.3) is 0 Å². The Bertz CT molecular complexity index is 148. The van der Waals surface area contributed by atoms with E-state index in [4.69, 9.17) is 9.47 Å². The first-order valence-corrected chi connectivity index (χ1v) is 5.82. The van der Waals surface area contributed by atoms with Gasteiger partial charge in [-0.1, -0.05) is 6.42 Å². The van der Waals surface area contributed by atoms with Gasteiger partial charge in [0.15, 0.2) is 0 Å². The molecule has 0 aliphatic carbocycles. The molecule has 15 heavy (non-hydrogen) atoms. The Morgan fingerprint density at radius 1 is 1.40 bits per heavy atom. The number of hydrogen-bond donors (Lipinski definition) is 2. The van der Waals surface area contributed by atoms with E-state index in [1.165, 1.54) is 19.3 Å². The molecule has 0 aromatic carbocycles. The van der Waals surface area contributed by atoms with E-state index in [1.54, 1.807) is 14.2 Å². The van der Waals surface area contributed by atoms with E-state index in [0.717, 1.165) is 19.6 Å². The SMILES string of the molecule is COCC(CNC1CCCCNC1)OC. The second-order valence-electron chi connectivity index (χ2n) is 4.12. The van der Waals surface area contributed by atoms with Gasteiger partial charge in [-0.2, -0.15) is 0 Å². The molecule has 2 unspecified atom stereocenters. The van der Waals surface area contributed by atoms with Crippen LogP contribution in [0.25, 0.3) is 0 Å². The molecule has 1 heterocycles. The highest BCUT2D eigenvalue weighted by atomic mass is 16.5. The minimum absolute atomic E-state index is 0.165. The van der Waals surface area contributed by atoms with Gasteiger partial charge in [-0.05, 0) is 19.4 Å². The topological polar surface area (TPSA) is 42.5 Å². The molecule has 1 fully saturated rings. The van der Waals surface area contributed by atoms with Crippen LogP contribution >= 0.6 is 0 Å². The van der Waals surface area contributed by atoms with Crippen molar-refractivity contribution >= 4 is 0 Å². The third kappa shape index (κ3) is 5.47. The van der Waals surface area contributed by atoms with E-state index in [-0.39, 0.29) is 6.10 Å². The third-order valence-electron chi connectivity index (χ3n) is 2.87. The van der Waals surface area contributed by atoms with Crippen LogP contribution in [0.15, 0.2) is 0 Å². The summed E-state index contributed by atoms with van der Waals surface area (Å²) >= 11 is 0. The van der Waals surface area contributed by atoms with Crippen molar-refractivity contribution in [2.45, 2.75) is 31.4 Å². The van der Waals surface area contributed by atoms with Crippen molar-refractivity contribution < 1.29 is 9.47 Å². The van der Waals surface area contributed by atoms with E-state index in [9.17, 15) is 0 Å². The lowest BCUT2D eigenvalue weighted by Gasteiger charge is -2.20. The molecule has 0 spiro atoms. The smallest absolute Gasteiger partial charge is 0.0928 e. The Morgan fingerprint density at radius 2 is 2.27 bits per heavy atom. The maximum absolute atomic E-state index is 5.31. The van der Waals surface area contributed by atoms with Crippen LogP contribution in [0.2, 0.25) is 0 Å². The Balaban J connectivity index is 2.15. The van der Waals surface area contributed by atoms with Crippen LogP contribution in [0.1, 0.15) is 19.3 Å². The van der Waals surface area contributed by atoms with Crippen molar-refractivity contribution in [1.29, 1.82) is 0 Å². The third-order valence-corrected chi connectivity index (χ3v) is 2.87. The minimum atomic E-state index is 0.165. The summed E-state index contributed by atoms with van der Waals surface area (Å²) in [4.78, 5) is 0. The number of rotatable bonds is 6. The van der Waals surface area contributed by atoms with Crippen molar-refractivity contribution in [1.82, 2.24) is 10.6 Å². The molecule has 1 aliphatic heterocycles. The molecular formula is C11H24N2O2. The van der Waals surface area contributed by atoms with E-state index in [2.05, 4.69) is 10.6 Å². The summed E-state index contributed by atoms with van der Waals surface area (Å²) in [6, 6.07) is 0.585. The van der Waals surface area contributed by atoms with Crippen molar-refractivity contribution in [2.24, 2.45) is 0 Å². The first-order valence-electron chi connectivity index (χ1n) is 5.82. The summed E-state index contributed by atoms with van der Waals surface area (Å²) < 4.78 is 10.4. The van der Waals surface area contributed by atoms with Gasteiger partial charge in [0, 0.05) is 33.4 Å². The second-order valence-corrected chi connectivity index (χ2v) is 4.12. The van der Waals surface area contributed by atoms with Gasteiger partial charge in [0.05, 0.1) is 12.7 Å². The van der Waals surface area contributed by atoms with Crippen molar-refractivity contribution in [3.05, 3.63) is 0 Å². The number of methoxy groups -OCH3 is 2. The zero-order chi connectivity index (χ0) is 10.9. The Kier molecular flexibility index (Phi) is 6.92. The number of hydrogen-bond acceptors (Lipinski definition) is 4. The first kappa shape index (κ1) is 12.9. The second kappa shape index (κ2) is 8.05. The highest BCUT2D eigenvalue weighted by Crippen LogP contribution is 2.04. The van der Waals surface area contributed by atoms with E-state index in [1.807, 2.05) is 0 Å². The minimum Gasteiger partial charge on any atom is -0.382 e. The lowest BCUT2D eigenvalue weighted by molar-refractivity contribution is 0.0273. The maximum atomic E-state index is 5.31. The lowest BCUT2D eigenvalue weighted by atomic mass is 10.1. The molecule has 0 saturated carbocycles. The summed E-state index contributed by atoms with van der Waals surface area (Å²) in [5, 5.41) is 6.97. The van der Waals surface area contributed by atoms with E-state index < -0.39 is 0 Å². The van der Waals surface area contributed by atoms with Crippen LogP contribution in [0, 0.1) is 0 Å². The van der Waals surface area contributed by atoms with Crippen LogP contribution in [0.5, 0.6) is 0 Å². The molecule has 2 atom stereocenters. The van der Waals surface area contributed by atoms with Crippen LogP contribution in [0.3, 0.4) is 0 Å². The zero-order valence-electron chi connectivity index (χ0n) is 9.92. The molecular weight excluding hydrogens is 192 g/mol. The zero-order valence-corrected chi connectivity index (χ0v) is 9.92. The first-order chi connectivity index (χ1) is 7.36. The Morgan fingerprint density at radius 3 is 3.00 bits per heavy atom. The predicted octanol–water partition coefficient (Wildman–Crippen LogP) is 0.380. The van der Waals surface area contributed by atoms with Gasteiger partial charge in [-0.15, -0.1) is 0 Å². The fourth-order valence-corrected chi connectivity index (χ4v) is 1.89. The fourth-order valence-electron chi connectivity index (χ4n) is 1.89. The highest BCUT2D eigenvalue weighted by Gasteiger charge is 2.13. The monoisotopic (exact) mass is 216 g/mol. The van der Waals surface area contributed by atoms with Crippen LogP contribution < -0.4 is 10.6 Å². The van der Waals surface area contributed by atoms with Crippen LogP contribution in [0.4, 0.5) is 0 Å². The normalized spacial score (nSPS) is 24.8. The maximum Gasteiger partial charge on any atom is 0.0928 e. The highest BCUT2D eigenvalue weighted by molar-refractivity contribution is 4.75. The number of ether oxygens (including phenoxy) is 2. The Hall–Kier alpha value is -0.160. The van der Waals surface area contributed by atoms with Gasteiger partial charge in [-0.3, -0.25) is 0 Å². The van der Waals surface area contributed by atoms with Gasteiger partial charge >= 0.3 is 0 Å². The van der Waals surface area contributed by atoms with Crippen molar-refractivity contribution in [3.8, 4) is 0 Å². The van der Waals surface area contributed by atoms with E-state index in [0.29, 0.717) is 12.6 Å². The molecule has 4 nitrogen and oxygen atoms in total. The summed E-state index contributed by atoms with van der Waals surface area (Å²) in [6.07, 6.45) is 4.03. The van der Waals surface area contributed by atoms with Gasteiger partial charge in [-0.25, -0.2) is 0 Å². The molecule has 0 radical (unpaired) electrons. The average Bonchev–Trinajstić information content (AvgIpc) is 2.52. The molecule has 0 amide bonds.